The Balaban J connectivity index is 0.000000783. The van der Waals surface area contributed by atoms with Crippen molar-refractivity contribution in [2.45, 2.75) is 263 Å². The number of nitrogens with two attached hydrogens (primary N) is 2. The van der Waals surface area contributed by atoms with Crippen LogP contribution in [0.1, 0.15) is 186 Å². The van der Waals surface area contributed by atoms with Crippen LogP contribution in [-0.4, -0.2) is 244 Å². The summed E-state index contributed by atoms with van der Waals surface area (Å²) in [6, 6.07) is 24.9. The molecule has 12 atom stereocenters. The number of carbonyl (C=O) groups is 12. The van der Waals surface area contributed by atoms with E-state index in [9.17, 15) is 78.0 Å². The average Bonchev–Trinajstić information content (AvgIpc) is 1.63. The Bertz CT molecular complexity index is 4390. The zero-order valence-electron chi connectivity index (χ0n) is 74.9. The molecular formula is C84H121Br4ClN11NaO25. The molecule has 5 unspecified atom stereocenters. The number of halogens is 5. The molecule has 126 heavy (non-hydrogen) atoms. The maximum atomic E-state index is 13.1. The summed E-state index contributed by atoms with van der Waals surface area (Å²) in [5, 5.41) is 56.6. The number of rotatable bonds is 16. The van der Waals surface area contributed by atoms with Crippen molar-refractivity contribution in [3.8, 4) is 0 Å². The molecular weight excluding hydrogens is 1940 g/mol. The van der Waals surface area contributed by atoms with Gasteiger partial charge in [0.2, 0.25) is 17.7 Å². The molecule has 0 aromatic heterocycles. The molecule has 0 bridgehead atoms. The Morgan fingerprint density at radius 1 is 0.516 bits per heavy atom. The number of ether oxygens (including phenoxy) is 7. The third kappa shape index (κ3) is 35.3. The summed E-state index contributed by atoms with van der Waals surface area (Å²) in [5.41, 5.74) is 5.34. The van der Waals surface area contributed by atoms with E-state index in [1.165, 1.54) is 21.6 Å². The van der Waals surface area contributed by atoms with Gasteiger partial charge in [0.1, 0.15) is 57.4 Å². The molecule has 5 aliphatic heterocycles. The van der Waals surface area contributed by atoms with Crippen LogP contribution in [0.4, 0.5) is 24.0 Å². The fraction of sp³-hybridized carbons (Fsp3) is 0.560. The van der Waals surface area contributed by atoms with E-state index in [-0.39, 0.29) is 105 Å². The van der Waals surface area contributed by atoms with Gasteiger partial charge in [-0.25, -0.2) is 43.3 Å². The second-order valence-electron chi connectivity index (χ2n) is 34.2. The smallest absolute Gasteiger partial charge is 0.870 e. The molecule has 9 rings (SSSR count). The second kappa shape index (κ2) is 49.4. The predicted molar refractivity (Wildman–Crippen MR) is 476 cm³/mol. The molecule has 5 aliphatic rings. The number of aliphatic hydroxyl groups is 4. The molecule has 8 amide bonds. The normalized spacial score (nSPS) is 21.3. The summed E-state index contributed by atoms with van der Waals surface area (Å²) >= 11 is 18.2. The Morgan fingerprint density at radius 2 is 0.817 bits per heavy atom. The first-order valence-electron chi connectivity index (χ1n) is 39.3. The number of β-amino-alcohol motifs (C(OH)–C–C–N with tert-alkyl or cyclic N) is 4. The minimum atomic E-state index is -1.48. The van der Waals surface area contributed by atoms with E-state index in [0.29, 0.717) is 30.0 Å². The first-order valence-corrected chi connectivity index (χ1v) is 42.9. The third-order valence-electron chi connectivity index (χ3n) is 18.5. The Hall–Kier alpha value is -7.68. The van der Waals surface area contributed by atoms with Crippen LogP contribution in [0.25, 0.3) is 0 Å². The van der Waals surface area contributed by atoms with Crippen LogP contribution in [0.15, 0.2) is 120 Å². The van der Waals surface area contributed by atoms with Gasteiger partial charge in [-0.15, -0.1) is 0 Å². The van der Waals surface area contributed by atoms with Gasteiger partial charge in [0.15, 0.2) is 11.1 Å². The van der Waals surface area contributed by atoms with Gasteiger partial charge in [0, 0.05) is 55.2 Å². The molecule has 0 radical (unpaired) electrons. The number of carboxylic acids is 1. The van der Waals surface area contributed by atoms with Crippen molar-refractivity contribution in [2.24, 2.45) is 16.5 Å². The summed E-state index contributed by atoms with van der Waals surface area (Å²) in [6.07, 6.45) is -5.51. The van der Waals surface area contributed by atoms with Gasteiger partial charge in [-0.2, -0.15) is 0 Å². The first kappa shape index (κ1) is 116. The quantitative estimate of drug-likeness (QED) is 0.0217. The number of benzene rings is 4. The molecule has 4 fully saturated rings. The molecule has 0 aliphatic carbocycles. The number of esters is 2. The van der Waals surface area contributed by atoms with Crippen LogP contribution in [0.5, 0.6) is 0 Å². The maximum Gasteiger partial charge on any atom is 1.00 e. The molecule has 4 saturated heterocycles. The fourth-order valence-corrected chi connectivity index (χ4v) is 13.7. The molecule has 698 valence electrons. The Labute approximate surface area is 795 Å². The molecule has 0 saturated carbocycles. The molecule has 36 nitrogen and oxygen atoms in total. The van der Waals surface area contributed by atoms with Crippen molar-refractivity contribution >= 4 is 152 Å². The first-order chi connectivity index (χ1) is 56.5. The number of amides is 8. The van der Waals surface area contributed by atoms with Crippen molar-refractivity contribution in [3.05, 3.63) is 137 Å². The van der Waals surface area contributed by atoms with Crippen LogP contribution in [0, 0.1) is 0 Å². The number of hydrogen-bond acceptors (Lipinski definition) is 27. The summed E-state index contributed by atoms with van der Waals surface area (Å²) < 4.78 is 39.2. The van der Waals surface area contributed by atoms with Gasteiger partial charge >= 0.3 is 77.3 Å². The number of amidine groups is 1. The Kier molecular flexibility index (Phi) is 45.6. The summed E-state index contributed by atoms with van der Waals surface area (Å²) in [7, 11) is 0. The molecule has 42 heteroatoms. The van der Waals surface area contributed by atoms with Crippen LogP contribution in [-0.2, 0) is 88.9 Å². The number of aliphatic hydroxyl groups excluding tert-OH is 4. The van der Waals surface area contributed by atoms with E-state index in [0.717, 1.165) is 33.9 Å². The summed E-state index contributed by atoms with van der Waals surface area (Å²) in [4.78, 5) is 155. The fourth-order valence-electron chi connectivity index (χ4n) is 12.4. The largest absolute Gasteiger partial charge is 1.00 e. The number of nitrogens with one attached hydrogen (secondary N) is 3. The third-order valence-corrected chi connectivity index (χ3v) is 20.7. The van der Waals surface area contributed by atoms with E-state index < -0.39 is 159 Å². The molecule has 4 aromatic rings. The van der Waals surface area contributed by atoms with Crippen LogP contribution < -0.4 is 63.1 Å². The standard InChI is InChI=1S/C21H29BrN2O6.C19H26BrN3O5.C19H24BrN3O4.C11H14BrNO2.C10H17NO5.C4H7ClO2.H3N.Na.H2O/c1-6-29-18(27)21(5,13-7-9-14(22)10-8-13)23-17(26)16-11-15(25)12-24(16)19(28)30-20(2,3)4;1-18(2,3)28-17(27)23-10-13(24)9-14(23)15(25)22-19(4,16(21)26)11-5-7-12(20)8-6-11;1-18(2,3)27-17(26)23-10-13(24)9-14(23)15-21-16(25)19(4,22-15)11-5-7-12(20)8-6-11;1-3-15-10(14)11(2,13)8-4-6-9(12)7-5-8;1-10(2,3)16-9(15)11-5-6(12)4-7(11)8(13)14;1-3(2)7-4(5)6;;;/h7-10,15-16,25H,6,11-12H2,1-5H3,(H,23,26);5-8,13-14,24H,9-10H2,1-4H3,(H2,21,26)(H,22,25);5-8,13-14,24H,9-10H2,1-4H3,(H,21,22,25);4-7H,3,13H2,1-2H3;6-7,12H,4-5H2,1-3H3,(H,13,14);3H,1-2H3;1H3;;1H2/q;;;;;;;+1;/p-1/t15-,16-,21?;13-,14-,19?;13-,14?,19?;;6-,7-;;;;/m111.1..../s1. The van der Waals surface area contributed by atoms with E-state index >= 15 is 0 Å². The monoisotopic (exact) mass is 2060 g/mol. The second-order valence-corrected chi connectivity index (χ2v) is 38.2. The summed E-state index contributed by atoms with van der Waals surface area (Å²) in [6.45, 7) is 34.7. The van der Waals surface area contributed by atoms with E-state index in [4.69, 9.17) is 56.6 Å². The van der Waals surface area contributed by atoms with E-state index in [2.05, 4.69) is 89.4 Å². The van der Waals surface area contributed by atoms with Crippen molar-refractivity contribution in [1.29, 1.82) is 0 Å². The van der Waals surface area contributed by atoms with Gasteiger partial charge in [0.25, 0.3) is 5.91 Å². The number of carbonyl (C=O) groups excluding carboxylic acids is 11. The van der Waals surface area contributed by atoms with Crippen LogP contribution in [0.2, 0.25) is 0 Å². The molecule has 16 N–H and O–H groups in total. The minimum absolute atomic E-state index is 0. The Morgan fingerprint density at radius 3 is 1.14 bits per heavy atom. The van der Waals surface area contributed by atoms with E-state index in [1.54, 1.807) is 192 Å². The van der Waals surface area contributed by atoms with Gasteiger partial charge < -0.3 is 97.7 Å². The number of primary amides is 1. The van der Waals surface area contributed by atoms with E-state index in [1.807, 2.05) is 36.4 Å². The van der Waals surface area contributed by atoms with Gasteiger partial charge in [-0.1, -0.05) is 112 Å². The number of nitrogens with zero attached hydrogens (tertiary/aromatic N) is 5. The van der Waals surface area contributed by atoms with Gasteiger partial charge in [-0.3, -0.25) is 38.8 Å². The number of hydrogen-bond donors (Lipinski definition) is 11. The maximum absolute atomic E-state index is 13.1. The molecule has 4 aromatic carbocycles. The van der Waals surface area contributed by atoms with Crippen LogP contribution in [0.3, 0.4) is 0 Å². The van der Waals surface area contributed by atoms with Crippen molar-refractivity contribution < 1.29 is 151 Å². The number of aliphatic imine (C=N–C) groups is 1. The van der Waals surface area contributed by atoms with Crippen molar-refractivity contribution in [1.82, 2.24) is 41.7 Å². The number of likely N-dealkylation sites (tertiary alicyclic amines) is 4. The van der Waals surface area contributed by atoms with Crippen molar-refractivity contribution in [3.63, 3.8) is 0 Å². The number of carboxylic acid groups (broad SMARTS) is 1. The zero-order valence-corrected chi connectivity index (χ0v) is 84.0. The topological polar surface area (TPSA) is 549 Å². The predicted octanol–water partition coefficient (Wildman–Crippen LogP) is 8.30. The minimum Gasteiger partial charge on any atom is -0.870 e. The zero-order chi connectivity index (χ0) is 93.8. The van der Waals surface area contributed by atoms with Gasteiger partial charge in [-0.05, 0) is 209 Å². The average molecular weight is 2060 g/mol. The molecule has 5 heterocycles. The van der Waals surface area contributed by atoms with Crippen LogP contribution >= 0.6 is 75.3 Å². The SMILES string of the molecule is CC(C)(C)OC(=O)N1C[C@H](O)CC1C1=NC(C)(c2ccc(Br)cc2)C(=O)N1.CC(C)(C)OC(=O)N1C[C@H](O)C[C@@H]1C(=O)NC(C)(C(N)=O)c1ccc(Br)cc1.CC(C)(C)OC(=O)N1C[C@H](O)C[C@@H]1C(=O)O.CC(C)OC(=O)Cl.CCOC(=O)C(C)(N)c1ccc(Br)cc1.CCOC(=O)C(C)(NC(=O)[C@H]1C[C@@H](O)CN1C(=O)OC(C)(C)C)c1ccc(Br)cc1.N.[Na+].[OH-]. The van der Waals surface area contributed by atoms with Crippen molar-refractivity contribution in [2.75, 3.05) is 39.4 Å². The number of aliphatic carboxylic acids is 1. The van der Waals surface area contributed by atoms with Gasteiger partial charge in [0.05, 0.1) is 76.0 Å². The summed E-state index contributed by atoms with van der Waals surface area (Å²) in [5.74, 6) is -3.94. The molecule has 0 spiro atoms.